The molecule has 1 rings (SSSR count). The second kappa shape index (κ2) is 5.78. The maximum atomic E-state index is 12.2. The quantitative estimate of drug-likeness (QED) is 0.686. The van der Waals surface area contributed by atoms with Gasteiger partial charge >= 0.3 is 0 Å². The third kappa shape index (κ3) is 4.45. The summed E-state index contributed by atoms with van der Waals surface area (Å²) in [5, 5.41) is 0. The first-order valence-electron chi connectivity index (χ1n) is 5.99. The van der Waals surface area contributed by atoms with Crippen molar-refractivity contribution in [1.29, 1.82) is 0 Å². The third-order valence-electron chi connectivity index (χ3n) is 3.61. The Morgan fingerprint density at radius 3 is 2.47 bits per heavy atom. The van der Waals surface area contributed by atoms with E-state index in [1.165, 1.54) is 6.42 Å². The minimum absolute atomic E-state index is 0.0352. The monoisotopic (exact) mass is 219 g/mol. The van der Waals surface area contributed by atoms with Gasteiger partial charge in [0, 0.05) is 6.54 Å². The van der Waals surface area contributed by atoms with E-state index in [-0.39, 0.29) is 6.54 Å². The minimum Gasteiger partial charge on any atom is -0.297 e. The van der Waals surface area contributed by atoms with Gasteiger partial charge in [0.25, 0.3) is 6.43 Å². The van der Waals surface area contributed by atoms with E-state index >= 15 is 0 Å². The van der Waals surface area contributed by atoms with Crippen LogP contribution in [0.1, 0.15) is 33.6 Å². The summed E-state index contributed by atoms with van der Waals surface area (Å²) in [5.41, 5.74) is 0. The molecule has 0 radical (unpaired) electrons. The summed E-state index contributed by atoms with van der Waals surface area (Å²) in [4.78, 5) is 1.91. The Labute approximate surface area is 91.8 Å². The van der Waals surface area contributed by atoms with Crippen molar-refractivity contribution in [3.63, 3.8) is 0 Å². The van der Waals surface area contributed by atoms with E-state index in [2.05, 4.69) is 20.8 Å². The van der Waals surface area contributed by atoms with Crippen molar-refractivity contribution < 1.29 is 8.78 Å². The van der Waals surface area contributed by atoms with Crippen molar-refractivity contribution in [2.75, 3.05) is 19.6 Å². The van der Waals surface area contributed by atoms with Crippen LogP contribution in [0.15, 0.2) is 0 Å². The molecule has 15 heavy (non-hydrogen) atoms. The molecule has 0 aliphatic carbocycles. The van der Waals surface area contributed by atoms with Crippen molar-refractivity contribution in [2.45, 2.75) is 40.0 Å². The normalized spacial score (nSPS) is 25.4. The van der Waals surface area contributed by atoms with E-state index in [1.54, 1.807) is 0 Å². The van der Waals surface area contributed by atoms with Gasteiger partial charge in [-0.3, -0.25) is 4.90 Å². The molecule has 2 unspecified atom stereocenters. The number of likely N-dealkylation sites (tertiary alicyclic amines) is 1. The first kappa shape index (κ1) is 12.9. The molecule has 2 atom stereocenters. The van der Waals surface area contributed by atoms with Gasteiger partial charge in [-0.05, 0) is 37.1 Å². The molecule has 3 heteroatoms. The lowest BCUT2D eigenvalue weighted by atomic mass is 9.87. The van der Waals surface area contributed by atoms with Crippen molar-refractivity contribution in [1.82, 2.24) is 4.90 Å². The number of hydrogen-bond donors (Lipinski definition) is 0. The van der Waals surface area contributed by atoms with E-state index < -0.39 is 6.43 Å². The van der Waals surface area contributed by atoms with E-state index in [0.29, 0.717) is 17.8 Å². The lowest BCUT2D eigenvalue weighted by Crippen LogP contribution is -2.27. The molecule has 0 amide bonds. The molecule has 0 saturated carbocycles. The average Bonchev–Trinajstić information content (AvgIpc) is 2.51. The maximum absolute atomic E-state index is 12.2. The molecule has 1 saturated heterocycles. The molecule has 1 heterocycles. The maximum Gasteiger partial charge on any atom is 0.251 e. The smallest absolute Gasteiger partial charge is 0.251 e. The molecule has 0 N–H and O–H groups in total. The second-order valence-electron chi connectivity index (χ2n) is 5.26. The Morgan fingerprint density at radius 1 is 1.27 bits per heavy atom. The fourth-order valence-electron chi connectivity index (χ4n) is 2.26. The van der Waals surface area contributed by atoms with Crippen LogP contribution < -0.4 is 0 Å². The predicted molar refractivity (Wildman–Crippen MR) is 59.2 cm³/mol. The van der Waals surface area contributed by atoms with Crippen LogP contribution >= 0.6 is 0 Å². The van der Waals surface area contributed by atoms with Crippen molar-refractivity contribution in [2.24, 2.45) is 17.8 Å². The Kier molecular flexibility index (Phi) is 4.97. The molecule has 1 nitrogen and oxygen atoms in total. The van der Waals surface area contributed by atoms with Gasteiger partial charge in [0.2, 0.25) is 0 Å². The van der Waals surface area contributed by atoms with Gasteiger partial charge < -0.3 is 0 Å². The van der Waals surface area contributed by atoms with Gasteiger partial charge in [-0.25, -0.2) is 8.78 Å². The van der Waals surface area contributed by atoms with E-state index in [4.69, 9.17) is 0 Å². The van der Waals surface area contributed by atoms with Crippen LogP contribution in [0.2, 0.25) is 0 Å². The molecule has 1 aliphatic rings. The fraction of sp³-hybridized carbons (Fsp3) is 1.00. The van der Waals surface area contributed by atoms with Gasteiger partial charge in [-0.1, -0.05) is 20.8 Å². The molecule has 1 aliphatic heterocycles. The minimum atomic E-state index is -2.17. The van der Waals surface area contributed by atoms with Crippen molar-refractivity contribution in [3.8, 4) is 0 Å². The van der Waals surface area contributed by atoms with Crippen LogP contribution in [-0.4, -0.2) is 31.0 Å². The predicted octanol–water partition coefficient (Wildman–Crippen LogP) is 3.26. The Bertz CT molecular complexity index is 182. The van der Waals surface area contributed by atoms with Crippen LogP contribution in [0, 0.1) is 17.8 Å². The first-order chi connectivity index (χ1) is 6.99. The highest BCUT2D eigenvalue weighted by atomic mass is 19.3. The van der Waals surface area contributed by atoms with Crippen LogP contribution in [0.5, 0.6) is 0 Å². The highest BCUT2D eigenvalue weighted by Gasteiger charge is 2.26. The summed E-state index contributed by atoms with van der Waals surface area (Å²) in [6, 6.07) is 0. The van der Waals surface area contributed by atoms with Crippen LogP contribution in [0.25, 0.3) is 0 Å². The largest absolute Gasteiger partial charge is 0.297 e. The van der Waals surface area contributed by atoms with Gasteiger partial charge in [0.15, 0.2) is 0 Å². The lowest BCUT2D eigenvalue weighted by Gasteiger charge is -2.20. The SMILES string of the molecule is CC(C)C(C)CC1CCN(CC(F)F)C1. The van der Waals surface area contributed by atoms with Gasteiger partial charge in [0.1, 0.15) is 0 Å². The lowest BCUT2D eigenvalue weighted by molar-refractivity contribution is 0.0971. The summed E-state index contributed by atoms with van der Waals surface area (Å²) in [6.07, 6.45) is 0.118. The zero-order valence-electron chi connectivity index (χ0n) is 10.0. The number of halogens is 2. The highest BCUT2D eigenvalue weighted by Crippen LogP contribution is 2.27. The molecule has 0 aromatic heterocycles. The average molecular weight is 219 g/mol. The van der Waals surface area contributed by atoms with Crippen LogP contribution in [0.3, 0.4) is 0 Å². The summed E-state index contributed by atoms with van der Waals surface area (Å²) < 4.78 is 24.3. The highest BCUT2D eigenvalue weighted by molar-refractivity contribution is 4.78. The standard InChI is InChI=1S/C12H23F2N/c1-9(2)10(3)6-11-4-5-15(7-11)8-12(13)14/h9-12H,4-8H2,1-3H3. The topological polar surface area (TPSA) is 3.24 Å². The molecule has 0 aromatic rings. The molecule has 0 aromatic carbocycles. The second-order valence-corrected chi connectivity index (χ2v) is 5.26. The Hall–Kier alpha value is -0.180. The van der Waals surface area contributed by atoms with Crippen molar-refractivity contribution >= 4 is 0 Å². The molecular weight excluding hydrogens is 196 g/mol. The van der Waals surface area contributed by atoms with Crippen LogP contribution in [-0.2, 0) is 0 Å². The van der Waals surface area contributed by atoms with E-state index in [1.807, 2.05) is 4.90 Å². The zero-order valence-corrected chi connectivity index (χ0v) is 10.0. The Balaban J connectivity index is 2.24. The molecule has 0 bridgehead atoms. The van der Waals surface area contributed by atoms with Crippen molar-refractivity contribution in [3.05, 3.63) is 0 Å². The van der Waals surface area contributed by atoms with Gasteiger partial charge in [-0.2, -0.15) is 0 Å². The van der Waals surface area contributed by atoms with Crippen LogP contribution in [0.4, 0.5) is 8.78 Å². The summed E-state index contributed by atoms with van der Waals surface area (Å²) in [5.74, 6) is 2.05. The summed E-state index contributed by atoms with van der Waals surface area (Å²) in [6.45, 7) is 8.43. The number of hydrogen-bond acceptors (Lipinski definition) is 1. The third-order valence-corrected chi connectivity index (χ3v) is 3.61. The van der Waals surface area contributed by atoms with E-state index in [9.17, 15) is 8.78 Å². The number of alkyl halides is 2. The van der Waals surface area contributed by atoms with Gasteiger partial charge in [-0.15, -0.1) is 0 Å². The van der Waals surface area contributed by atoms with E-state index in [0.717, 1.165) is 19.5 Å². The molecule has 0 spiro atoms. The molecular formula is C12H23F2N. The first-order valence-corrected chi connectivity index (χ1v) is 5.99. The zero-order chi connectivity index (χ0) is 11.4. The summed E-state index contributed by atoms with van der Waals surface area (Å²) >= 11 is 0. The molecule has 90 valence electrons. The Morgan fingerprint density at radius 2 is 1.93 bits per heavy atom. The van der Waals surface area contributed by atoms with Gasteiger partial charge in [0.05, 0.1) is 6.54 Å². The number of rotatable bonds is 5. The summed E-state index contributed by atoms with van der Waals surface area (Å²) in [7, 11) is 0. The molecule has 1 fully saturated rings. The fourth-order valence-corrected chi connectivity index (χ4v) is 2.26. The number of nitrogens with zero attached hydrogens (tertiary/aromatic N) is 1.